The van der Waals surface area contributed by atoms with Gasteiger partial charge in [0, 0.05) is 16.3 Å². The van der Waals surface area contributed by atoms with Crippen molar-refractivity contribution in [1.82, 2.24) is 0 Å². The average molecular weight is 314 g/mol. The van der Waals surface area contributed by atoms with Gasteiger partial charge in [0.15, 0.2) is 0 Å². The van der Waals surface area contributed by atoms with Gasteiger partial charge in [-0.15, -0.1) is 0 Å². The molecule has 2 aromatic carbocycles. The molecule has 3 rings (SSSR count). The second-order valence-corrected chi connectivity index (χ2v) is 6.35. The fourth-order valence-corrected chi connectivity index (χ4v) is 3.21. The van der Waals surface area contributed by atoms with Gasteiger partial charge < -0.3 is 5.32 Å². The van der Waals surface area contributed by atoms with Gasteiger partial charge in [0.25, 0.3) is 5.91 Å². The van der Waals surface area contributed by atoms with Crippen molar-refractivity contribution in [3.63, 3.8) is 0 Å². The maximum Gasteiger partial charge on any atom is 0.255 e. The quantitative estimate of drug-likeness (QED) is 0.780. The van der Waals surface area contributed by atoms with E-state index in [0.717, 1.165) is 5.69 Å². The summed E-state index contributed by atoms with van der Waals surface area (Å²) in [6.07, 6.45) is 6.55. The summed E-state index contributed by atoms with van der Waals surface area (Å²) in [5.41, 5.74) is 2.81. The van der Waals surface area contributed by atoms with Gasteiger partial charge in [-0.2, -0.15) is 0 Å². The van der Waals surface area contributed by atoms with E-state index < -0.39 is 0 Å². The molecule has 1 aliphatic carbocycles. The van der Waals surface area contributed by atoms with E-state index >= 15 is 0 Å². The van der Waals surface area contributed by atoms with Crippen molar-refractivity contribution in [3.8, 4) is 0 Å². The molecule has 0 aliphatic heterocycles. The highest BCUT2D eigenvalue weighted by Crippen LogP contribution is 2.32. The first-order valence-corrected chi connectivity index (χ1v) is 8.27. The fraction of sp³-hybridized carbons (Fsp3) is 0.316. The molecule has 0 saturated heterocycles. The van der Waals surface area contributed by atoms with Crippen LogP contribution >= 0.6 is 11.6 Å². The van der Waals surface area contributed by atoms with E-state index in [2.05, 4.69) is 17.4 Å². The lowest BCUT2D eigenvalue weighted by atomic mass is 9.84. The number of amides is 1. The van der Waals surface area contributed by atoms with Crippen LogP contribution in [0.2, 0.25) is 5.02 Å². The Labute approximate surface area is 136 Å². The molecule has 0 unspecified atom stereocenters. The van der Waals surface area contributed by atoms with Crippen molar-refractivity contribution in [2.24, 2.45) is 0 Å². The summed E-state index contributed by atoms with van der Waals surface area (Å²) < 4.78 is 0. The summed E-state index contributed by atoms with van der Waals surface area (Å²) in [6, 6.07) is 15.2. The van der Waals surface area contributed by atoms with Crippen molar-refractivity contribution in [2.75, 3.05) is 5.32 Å². The summed E-state index contributed by atoms with van der Waals surface area (Å²) in [7, 11) is 0. The number of carbonyl (C=O) groups excluding carboxylic acids is 1. The van der Waals surface area contributed by atoms with E-state index in [-0.39, 0.29) is 5.91 Å². The Morgan fingerprint density at radius 1 is 0.909 bits per heavy atom. The van der Waals surface area contributed by atoms with Crippen LogP contribution in [-0.2, 0) is 0 Å². The van der Waals surface area contributed by atoms with Gasteiger partial charge in [-0.1, -0.05) is 43.0 Å². The second-order valence-electron chi connectivity index (χ2n) is 5.92. The normalized spacial score (nSPS) is 15.5. The molecule has 0 atom stereocenters. The first kappa shape index (κ1) is 15.1. The zero-order chi connectivity index (χ0) is 15.4. The third-order valence-electron chi connectivity index (χ3n) is 4.35. The summed E-state index contributed by atoms with van der Waals surface area (Å²) in [4.78, 5) is 12.2. The van der Waals surface area contributed by atoms with Gasteiger partial charge >= 0.3 is 0 Å². The van der Waals surface area contributed by atoms with Crippen LogP contribution in [0, 0.1) is 0 Å². The molecule has 2 nitrogen and oxygen atoms in total. The lowest BCUT2D eigenvalue weighted by Gasteiger charge is -2.22. The van der Waals surface area contributed by atoms with E-state index in [9.17, 15) is 4.79 Å². The molecule has 0 spiro atoms. The first-order valence-electron chi connectivity index (χ1n) is 7.89. The summed E-state index contributed by atoms with van der Waals surface area (Å²) in [5.74, 6) is 0.583. The van der Waals surface area contributed by atoms with Crippen LogP contribution in [0.1, 0.15) is 53.9 Å². The molecule has 0 bridgehead atoms. The largest absolute Gasteiger partial charge is 0.322 e. The molecule has 3 heteroatoms. The number of anilines is 1. The molecule has 0 aromatic heterocycles. The van der Waals surface area contributed by atoms with Crippen LogP contribution in [0.25, 0.3) is 0 Å². The van der Waals surface area contributed by atoms with Gasteiger partial charge in [0.2, 0.25) is 0 Å². The van der Waals surface area contributed by atoms with Crippen LogP contribution in [0.3, 0.4) is 0 Å². The van der Waals surface area contributed by atoms with Gasteiger partial charge in [0.1, 0.15) is 0 Å². The Bertz CT molecular complexity index is 627. The second kappa shape index (κ2) is 6.97. The van der Waals surface area contributed by atoms with Crippen LogP contribution in [0.15, 0.2) is 48.5 Å². The highest BCUT2D eigenvalue weighted by molar-refractivity contribution is 6.30. The molecule has 1 fully saturated rings. The minimum atomic E-state index is -0.0856. The van der Waals surface area contributed by atoms with E-state index in [0.29, 0.717) is 16.5 Å². The Kier molecular flexibility index (Phi) is 4.79. The first-order chi connectivity index (χ1) is 10.7. The molecular weight excluding hydrogens is 294 g/mol. The monoisotopic (exact) mass is 313 g/mol. The Balaban J connectivity index is 1.66. The van der Waals surface area contributed by atoms with Crippen molar-refractivity contribution in [3.05, 3.63) is 64.7 Å². The maximum atomic E-state index is 12.2. The Morgan fingerprint density at radius 3 is 2.18 bits per heavy atom. The summed E-state index contributed by atoms with van der Waals surface area (Å²) >= 11 is 5.84. The van der Waals surface area contributed by atoms with E-state index in [4.69, 9.17) is 11.6 Å². The Hall–Kier alpha value is -1.80. The number of hydrogen-bond acceptors (Lipinski definition) is 1. The number of halogens is 1. The van der Waals surface area contributed by atoms with Crippen LogP contribution in [0.5, 0.6) is 0 Å². The Morgan fingerprint density at radius 2 is 1.55 bits per heavy atom. The zero-order valence-corrected chi connectivity index (χ0v) is 13.3. The lowest BCUT2D eigenvalue weighted by molar-refractivity contribution is 0.102. The van der Waals surface area contributed by atoms with Crippen molar-refractivity contribution in [2.45, 2.75) is 38.0 Å². The topological polar surface area (TPSA) is 29.1 Å². The van der Waals surface area contributed by atoms with Crippen LogP contribution in [-0.4, -0.2) is 5.91 Å². The molecule has 0 heterocycles. The van der Waals surface area contributed by atoms with Crippen LogP contribution in [0.4, 0.5) is 5.69 Å². The zero-order valence-electron chi connectivity index (χ0n) is 12.5. The predicted octanol–water partition coefficient (Wildman–Crippen LogP) is 5.64. The third-order valence-corrected chi connectivity index (χ3v) is 4.60. The minimum Gasteiger partial charge on any atom is -0.322 e. The summed E-state index contributed by atoms with van der Waals surface area (Å²) in [5, 5.41) is 3.55. The van der Waals surface area contributed by atoms with E-state index in [1.807, 2.05) is 12.1 Å². The van der Waals surface area contributed by atoms with E-state index in [1.165, 1.54) is 37.7 Å². The number of hydrogen-bond donors (Lipinski definition) is 1. The number of benzene rings is 2. The number of carbonyl (C=O) groups is 1. The molecule has 22 heavy (non-hydrogen) atoms. The fourth-order valence-electron chi connectivity index (χ4n) is 3.08. The third kappa shape index (κ3) is 3.69. The maximum absolute atomic E-state index is 12.2. The predicted molar refractivity (Wildman–Crippen MR) is 91.7 cm³/mol. The van der Waals surface area contributed by atoms with Crippen molar-refractivity contribution < 1.29 is 4.79 Å². The molecule has 1 N–H and O–H groups in total. The standard InChI is InChI=1S/C19H20ClNO/c20-17-10-12-18(13-11-17)21-19(22)16-8-6-15(7-9-16)14-4-2-1-3-5-14/h6-14H,1-5H2,(H,21,22). The number of rotatable bonds is 3. The van der Waals surface area contributed by atoms with Crippen molar-refractivity contribution in [1.29, 1.82) is 0 Å². The summed E-state index contributed by atoms with van der Waals surface area (Å²) in [6.45, 7) is 0. The van der Waals surface area contributed by atoms with Gasteiger partial charge in [-0.25, -0.2) is 0 Å². The highest BCUT2D eigenvalue weighted by atomic mass is 35.5. The molecular formula is C19H20ClNO. The molecule has 114 valence electrons. The SMILES string of the molecule is O=C(Nc1ccc(Cl)cc1)c1ccc(C2CCCCC2)cc1. The molecule has 0 radical (unpaired) electrons. The molecule has 1 aliphatic rings. The number of nitrogens with one attached hydrogen (secondary N) is 1. The van der Waals surface area contributed by atoms with E-state index in [1.54, 1.807) is 24.3 Å². The average Bonchev–Trinajstić information content (AvgIpc) is 2.58. The highest BCUT2D eigenvalue weighted by Gasteiger charge is 2.15. The smallest absolute Gasteiger partial charge is 0.255 e. The van der Waals surface area contributed by atoms with Crippen molar-refractivity contribution >= 4 is 23.2 Å². The lowest BCUT2D eigenvalue weighted by Crippen LogP contribution is -2.12. The minimum absolute atomic E-state index is 0.0856. The van der Waals surface area contributed by atoms with Gasteiger partial charge in [-0.3, -0.25) is 4.79 Å². The molecule has 1 amide bonds. The van der Waals surface area contributed by atoms with Gasteiger partial charge in [0.05, 0.1) is 0 Å². The van der Waals surface area contributed by atoms with Gasteiger partial charge in [-0.05, 0) is 60.7 Å². The van der Waals surface area contributed by atoms with Crippen LogP contribution < -0.4 is 5.32 Å². The molecule has 1 saturated carbocycles. The molecule has 2 aromatic rings.